The van der Waals surface area contributed by atoms with Crippen LogP contribution in [0.4, 0.5) is 0 Å². The summed E-state index contributed by atoms with van der Waals surface area (Å²) in [5.74, 6) is -0.198. The summed E-state index contributed by atoms with van der Waals surface area (Å²) < 4.78 is 0. The van der Waals surface area contributed by atoms with Gasteiger partial charge in [0.25, 0.3) is 0 Å². The third-order valence-corrected chi connectivity index (χ3v) is 5.14. The minimum atomic E-state index is -0.246. The van der Waals surface area contributed by atoms with Gasteiger partial charge in [0.2, 0.25) is 11.8 Å². The molecular weight excluding hydrogens is 324 g/mol. The Labute approximate surface area is 155 Å². The molecule has 136 valence electrons. The van der Waals surface area contributed by atoms with Crippen LogP contribution < -0.4 is 5.32 Å². The molecule has 0 radical (unpaired) electrons. The lowest BCUT2D eigenvalue weighted by atomic mass is 10.1. The number of hydrogen-bond donors (Lipinski definition) is 1. The summed E-state index contributed by atoms with van der Waals surface area (Å²) in [5, 5.41) is 2.98. The van der Waals surface area contributed by atoms with Crippen molar-refractivity contribution in [3.8, 4) is 0 Å². The SMILES string of the molecule is Cc1ccc(CNC(=O)[C@@H]2CC(=O)N(CCc3ccccc3)C2)cc1C. The molecule has 2 aromatic carbocycles. The Morgan fingerprint density at radius 3 is 2.58 bits per heavy atom. The molecule has 2 amide bonds. The van der Waals surface area contributed by atoms with Gasteiger partial charge in [0, 0.05) is 26.1 Å². The molecule has 4 heteroatoms. The molecule has 1 aliphatic heterocycles. The van der Waals surface area contributed by atoms with Gasteiger partial charge in [0.15, 0.2) is 0 Å². The zero-order valence-corrected chi connectivity index (χ0v) is 15.5. The Bertz CT molecular complexity index is 786. The van der Waals surface area contributed by atoms with Gasteiger partial charge in [-0.25, -0.2) is 0 Å². The van der Waals surface area contributed by atoms with Crippen molar-refractivity contribution in [2.75, 3.05) is 13.1 Å². The maximum atomic E-state index is 12.4. The molecule has 1 N–H and O–H groups in total. The lowest BCUT2D eigenvalue weighted by Crippen LogP contribution is -2.33. The summed E-state index contributed by atoms with van der Waals surface area (Å²) in [5.41, 5.74) is 4.77. The van der Waals surface area contributed by atoms with Crippen LogP contribution in [0.1, 0.15) is 28.7 Å². The lowest BCUT2D eigenvalue weighted by Gasteiger charge is -2.16. The van der Waals surface area contributed by atoms with Gasteiger partial charge in [0.1, 0.15) is 0 Å². The van der Waals surface area contributed by atoms with E-state index >= 15 is 0 Å². The van der Waals surface area contributed by atoms with Crippen molar-refractivity contribution in [1.29, 1.82) is 0 Å². The molecule has 4 nitrogen and oxygen atoms in total. The summed E-state index contributed by atoms with van der Waals surface area (Å²) >= 11 is 0. The Hall–Kier alpha value is -2.62. The third-order valence-electron chi connectivity index (χ3n) is 5.14. The fraction of sp³-hybridized carbons (Fsp3) is 0.364. The quantitative estimate of drug-likeness (QED) is 0.871. The molecule has 1 heterocycles. The molecule has 1 aliphatic rings. The second kappa shape index (κ2) is 8.17. The number of aryl methyl sites for hydroxylation is 2. The highest BCUT2D eigenvalue weighted by Gasteiger charge is 2.33. The number of nitrogens with zero attached hydrogens (tertiary/aromatic N) is 1. The van der Waals surface area contributed by atoms with E-state index < -0.39 is 0 Å². The van der Waals surface area contributed by atoms with Crippen LogP contribution in [0.25, 0.3) is 0 Å². The molecule has 2 aromatic rings. The van der Waals surface area contributed by atoms with E-state index in [1.807, 2.05) is 29.2 Å². The van der Waals surface area contributed by atoms with Crippen molar-refractivity contribution in [3.63, 3.8) is 0 Å². The highest BCUT2D eigenvalue weighted by atomic mass is 16.2. The van der Waals surface area contributed by atoms with Crippen molar-refractivity contribution >= 4 is 11.8 Å². The van der Waals surface area contributed by atoms with E-state index in [0.29, 0.717) is 26.1 Å². The molecule has 1 fully saturated rings. The molecule has 0 saturated carbocycles. The summed E-state index contributed by atoms with van der Waals surface area (Å²) in [6.45, 7) is 5.84. The Balaban J connectivity index is 1.49. The smallest absolute Gasteiger partial charge is 0.225 e. The van der Waals surface area contributed by atoms with Gasteiger partial charge in [0.05, 0.1) is 5.92 Å². The lowest BCUT2D eigenvalue weighted by molar-refractivity contribution is -0.129. The van der Waals surface area contributed by atoms with Crippen LogP contribution in [0.5, 0.6) is 0 Å². The first-order chi connectivity index (χ1) is 12.5. The number of benzene rings is 2. The predicted octanol–water partition coefficient (Wildman–Crippen LogP) is 3.01. The molecule has 0 spiro atoms. The molecule has 26 heavy (non-hydrogen) atoms. The van der Waals surface area contributed by atoms with Gasteiger partial charge in [-0.2, -0.15) is 0 Å². The highest BCUT2D eigenvalue weighted by Crippen LogP contribution is 2.19. The van der Waals surface area contributed by atoms with E-state index in [0.717, 1.165) is 12.0 Å². The van der Waals surface area contributed by atoms with Crippen LogP contribution in [-0.4, -0.2) is 29.8 Å². The average molecular weight is 350 g/mol. The second-order valence-electron chi connectivity index (χ2n) is 7.11. The number of nitrogens with one attached hydrogen (secondary N) is 1. The van der Waals surface area contributed by atoms with E-state index in [1.54, 1.807) is 0 Å². The van der Waals surface area contributed by atoms with Crippen molar-refractivity contribution in [3.05, 3.63) is 70.8 Å². The van der Waals surface area contributed by atoms with Gasteiger partial charge in [-0.15, -0.1) is 0 Å². The van der Waals surface area contributed by atoms with Crippen LogP contribution in [-0.2, 0) is 22.6 Å². The molecule has 0 unspecified atom stereocenters. The average Bonchev–Trinajstić information content (AvgIpc) is 3.02. The maximum absolute atomic E-state index is 12.4. The fourth-order valence-corrected chi connectivity index (χ4v) is 3.32. The molecule has 3 rings (SSSR count). The molecular formula is C22H26N2O2. The normalized spacial score (nSPS) is 16.8. The first-order valence-corrected chi connectivity index (χ1v) is 9.18. The highest BCUT2D eigenvalue weighted by molar-refractivity contribution is 5.89. The Morgan fingerprint density at radius 1 is 1.08 bits per heavy atom. The number of likely N-dealkylation sites (tertiary alicyclic amines) is 1. The minimum absolute atomic E-state index is 0.0289. The molecule has 1 saturated heterocycles. The topological polar surface area (TPSA) is 49.4 Å². The van der Waals surface area contributed by atoms with Crippen LogP contribution in [0.2, 0.25) is 0 Å². The van der Waals surface area contributed by atoms with Gasteiger partial charge in [-0.3, -0.25) is 9.59 Å². The number of rotatable bonds is 6. The van der Waals surface area contributed by atoms with Gasteiger partial charge >= 0.3 is 0 Å². The van der Waals surface area contributed by atoms with Crippen LogP contribution >= 0.6 is 0 Å². The van der Waals surface area contributed by atoms with Gasteiger partial charge in [-0.1, -0.05) is 48.5 Å². The van der Waals surface area contributed by atoms with E-state index in [4.69, 9.17) is 0 Å². The van der Waals surface area contributed by atoms with E-state index in [1.165, 1.54) is 16.7 Å². The predicted molar refractivity (Wildman–Crippen MR) is 103 cm³/mol. The first kappa shape index (κ1) is 18.2. The largest absolute Gasteiger partial charge is 0.352 e. The molecule has 1 atom stereocenters. The fourth-order valence-electron chi connectivity index (χ4n) is 3.32. The molecule has 0 bridgehead atoms. The minimum Gasteiger partial charge on any atom is -0.352 e. The Morgan fingerprint density at radius 2 is 1.85 bits per heavy atom. The summed E-state index contributed by atoms with van der Waals surface area (Å²) in [6, 6.07) is 16.3. The van der Waals surface area contributed by atoms with Gasteiger partial charge < -0.3 is 10.2 Å². The van der Waals surface area contributed by atoms with E-state index in [-0.39, 0.29) is 17.7 Å². The van der Waals surface area contributed by atoms with Gasteiger partial charge in [-0.05, 0) is 42.5 Å². The van der Waals surface area contributed by atoms with Crippen molar-refractivity contribution < 1.29 is 9.59 Å². The molecule has 0 aromatic heterocycles. The number of amides is 2. The Kier molecular flexibility index (Phi) is 5.71. The van der Waals surface area contributed by atoms with E-state index in [2.05, 4.69) is 43.4 Å². The van der Waals surface area contributed by atoms with E-state index in [9.17, 15) is 9.59 Å². The van der Waals surface area contributed by atoms with Crippen molar-refractivity contribution in [2.24, 2.45) is 5.92 Å². The number of carbonyl (C=O) groups is 2. The summed E-state index contributed by atoms with van der Waals surface area (Å²) in [7, 11) is 0. The molecule has 0 aliphatic carbocycles. The number of carbonyl (C=O) groups excluding carboxylic acids is 2. The zero-order valence-electron chi connectivity index (χ0n) is 15.5. The maximum Gasteiger partial charge on any atom is 0.225 e. The standard InChI is InChI=1S/C22H26N2O2/c1-16-8-9-19(12-17(16)2)14-23-22(26)20-13-21(25)24(15-20)11-10-18-6-4-3-5-7-18/h3-9,12,20H,10-11,13-15H2,1-2H3,(H,23,26)/t20-/m1/s1. The first-order valence-electron chi connectivity index (χ1n) is 9.18. The monoisotopic (exact) mass is 350 g/mol. The second-order valence-corrected chi connectivity index (χ2v) is 7.11. The van der Waals surface area contributed by atoms with Crippen molar-refractivity contribution in [2.45, 2.75) is 33.2 Å². The zero-order chi connectivity index (χ0) is 18.5. The van der Waals surface area contributed by atoms with Crippen LogP contribution in [0, 0.1) is 19.8 Å². The summed E-state index contributed by atoms with van der Waals surface area (Å²) in [4.78, 5) is 26.5. The number of hydrogen-bond acceptors (Lipinski definition) is 2. The summed E-state index contributed by atoms with van der Waals surface area (Å²) in [6.07, 6.45) is 1.14. The van der Waals surface area contributed by atoms with Crippen LogP contribution in [0.15, 0.2) is 48.5 Å². The third kappa shape index (κ3) is 4.51. The van der Waals surface area contributed by atoms with Crippen LogP contribution in [0.3, 0.4) is 0 Å². The van der Waals surface area contributed by atoms with Crippen molar-refractivity contribution in [1.82, 2.24) is 10.2 Å².